The number of hydrogen-bond donors (Lipinski definition) is 2. The van der Waals surface area contributed by atoms with Crippen molar-refractivity contribution in [2.75, 3.05) is 5.32 Å². The third kappa shape index (κ3) is 3.94. The molecule has 0 radical (unpaired) electrons. The van der Waals surface area contributed by atoms with Crippen LogP contribution >= 0.6 is 0 Å². The van der Waals surface area contributed by atoms with E-state index in [9.17, 15) is 17.6 Å². The number of amides is 1. The molecule has 0 atom stereocenters. The standard InChI is InChI=1S/C11H13FN2O3S/c1-7(2)5-11(15)14-10-6-8(18(13,16)17)3-4-9(10)12/h3-6H,1-2H3,(H,14,15)(H2,13,16,17). The van der Waals surface area contributed by atoms with Gasteiger partial charge in [-0.15, -0.1) is 0 Å². The number of nitrogens with one attached hydrogen (secondary N) is 1. The fourth-order valence-corrected chi connectivity index (χ4v) is 1.75. The molecule has 0 heterocycles. The molecule has 1 rings (SSSR count). The van der Waals surface area contributed by atoms with Gasteiger partial charge in [0.2, 0.25) is 15.9 Å². The number of anilines is 1. The zero-order chi connectivity index (χ0) is 13.9. The summed E-state index contributed by atoms with van der Waals surface area (Å²) >= 11 is 0. The first-order chi connectivity index (χ1) is 8.20. The van der Waals surface area contributed by atoms with E-state index in [0.717, 1.165) is 23.8 Å². The normalized spacial score (nSPS) is 10.9. The highest BCUT2D eigenvalue weighted by Crippen LogP contribution is 2.18. The van der Waals surface area contributed by atoms with Gasteiger partial charge in [-0.2, -0.15) is 0 Å². The van der Waals surface area contributed by atoms with Gasteiger partial charge >= 0.3 is 0 Å². The molecular formula is C11H13FN2O3S. The van der Waals surface area contributed by atoms with Gasteiger partial charge in [0.1, 0.15) is 5.82 Å². The van der Waals surface area contributed by atoms with Crippen molar-refractivity contribution in [2.45, 2.75) is 18.7 Å². The van der Waals surface area contributed by atoms with Crippen LogP contribution in [0, 0.1) is 5.82 Å². The molecule has 0 aliphatic rings. The van der Waals surface area contributed by atoms with Gasteiger partial charge < -0.3 is 5.32 Å². The summed E-state index contributed by atoms with van der Waals surface area (Å²) in [5.74, 6) is -1.28. The minimum absolute atomic E-state index is 0.232. The van der Waals surface area contributed by atoms with Gasteiger partial charge in [0.05, 0.1) is 10.6 Å². The fourth-order valence-electron chi connectivity index (χ4n) is 1.21. The number of benzene rings is 1. The molecule has 0 saturated carbocycles. The van der Waals surface area contributed by atoms with Crippen molar-refractivity contribution in [3.8, 4) is 0 Å². The Kier molecular flexibility index (Phi) is 4.20. The summed E-state index contributed by atoms with van der Waals surface area (Å²) in [4.78, 5) is 11.1. The summed E-state index contributed by atoms with van der Waals surface area (Å²) in [7, 11) is -3.93. The fraction of sp³-hybridized carbons (Fsp3) is 0.182. The van der Waals surface area contributed by atoms with Crippen molar-refractivity contribution in [2.24, 2.45) is 5.14 Å². The Morgan fingerprint density at radius 1 is 1.39 bits per heavy atom. The number of halogens is 1. The van der Waals surface area contributed by atoms with Crippen LogP contribution < -0.4 is 10.5 Å². The number of hydrogen-bond acceptors (Lipinski definition) is 3. The quantitative estimate of drug-likeness (QED) is 0.814. The number of carbonyl (C=O) groups excluding carboxylic acids is 1. The van der Waals surface area contributed by atoms with Gasteiger partial charge in [-0.05, 0) is 32.0 Å². The molecule has 1 aromatic rings. The summed E-state index contributed by atoms with van der Waals surface area (Å²) < 4.78 is 35.6. The lowest BCUT2D eigenvalue weighted by molar-refractivity contribution is -0.112. The number of primary sulfonamides is 1. The van der Waals surface area contributed by atoms with E-state index < -0.39 is 21.7 Å². The Bertz CT molecular complexity index is 605. The largest absolute Gasteiger partial charge is 0.320 e. The Morgan fingerprint density at radius 2 is 2.00 bits per heavy atom. The van der Waals surface area contributed by atoms with E-state index in [2.05, 4.69) is 5.32 Å². The van der Waals surface area contributed by atoms with E-state index in [4.69, 9.17) is 5.14 Å². The lowest BCUT2D eigenvalue weighted by Crippen LogP contribution is -2.14. The van der Waals surface area contributed by atoms with Crippen LogP contribution in [0.15, 0.2) is 34.7 Å². The third-order valence-corrected chi connectivity index (χ3v) is 2.85. The monoisotopic (exact) mass is 272 g/mol. The Morgan fingerprint density at radius 3 is 2.50 bits per heavy atom. The number of allylic oxidation sites excluding steroid dienone is 1. The van der Waals surface area contributed by atoms with E-state index in [-0.39, 0.29) is 10.6 Å². The first kappa shape index (κ1) is 14.3. The van der Waals surface area contributed by atoms with Crippen molar-refractivity contribution >= 4 is 21.6 Å². The molecule has 18 heavy (non-hydrogen) atoms. The SMILES string of the molecule is CC(C)=CC(=O)Nc1cc(S(N)(=O)=O)ccc1F. The van der Waals surface area contributed by atoms with E-state index >= 15 is 0 Å². The molecule has 5 nitrogen and oxygen atoms in total. The molecule has 0 unspecified atom stereocenters. The van der Waals surface area contributed by atoms with Crippen molar-refractivity contribution < 1.29 is 17.6 Å². The van der Waals surface area contributed by atoms with E-state index in [1.54, 1.807) is 13.8 Å². The minimum atomic E-state index is -3.93. The number of rotatable bonds is 3. The molecule has 0 fully saturated rings. The molecule has 0 aromatic heterocycles. The molecule has 1 amide bonds. The maximum Gasteiger partial charge on any atom is 0.248 e. The predicted molar refractivity (Wildman–Crippen MR) is 65.8 cm³/mol. The molecule has 0 aliphatic carbocycles. The molecule has 0 bridgehead atoms. The van der Waals surface area contributed by atoms with Crippen molar-refractivity contribution in [3.05, 3.63) is 35.7 Å². The number of carbonyl (C=O) groups is 1. The second-order valence-electron chi connectivity index (χ2n) is 3.90. The van der Waals surface area contributed by atoms with E-state index in [1.165, 1.54) is 6.08 Å². The van der Waals surface area contributed by atoms with Crippen LogP contribution in [0.25, 0.3) is 0 Å². The van der Waals surface area contributed by atoms with Gasteiger partial charge in [-0.25, -0.2) is 17.9 Å². The first-order valence-corrected chi connectivity index (χ1v) is 6.53. The van der Waals surface area contributed by atoms with Crippen LogP contribution in [0.5, 0.6) is 0 Å². The molecule has 0 spiro atoms. The van der Waals surface area contributed by atoms with Crippen LogP contribution in [0.1, 0.15) is 13.8 Å². The summed E-state index contributed by atoms with van der Waals surface area (Å²) in [6.07, 6.45) is 1.27. The maximum atomic E-state index is 13.4. The van der Waals surface area contributed by atoms with Crippen molar-refractivity contribution in [1.82, 2.24) is 0 Å². The highest BCUT2D eigenvalue weighted by Gasteiger charge is 2.12. The summed E-state index contributed by atoms with van der Waals surface area (Å²) in [6.45, 7) is 3.41. The van der Waals surface area contributed by atoms with E-state index in [0.29, 0.717) is 0 Å². The minimum Gasteiger partial charge on any atom is -0.320 e. The third-order valence-electron chi connectivity index (χ3n) is 1.94. The highest BCUT2D eigenvalue weighted by molar-refractivity contribution is 7.89. The molecule has 0 saturated heterocycles. The second-order valence-corrected chi connectivity index (χ2v) is 5.46. The molecule has 3 N–H and O–H groups in total. The van der Waals surface area contributed by atoms with Crippen LogP contribution in [0.4, 0.5) is 10.1 Å². The lowest BCUT2D eigenvalue weighted by atomic mass is 10.3. The van der Waals surface area contributed by atoms with Gasteiger partial charge in [-0.3, -0.25) is 4.79 Å². The highest BCUT2D eigenvalue weighted by atomic mass is 32.2. The summed E-state index contributed by atoms with van der Waals surface area (Å²) in [5.41, 5.74) is 0.500. The van der Waals surface area contributed by atoms with Gasteiger partial charge in [0.25, 0.3) is 0 Å². The van der Waals surface area contributed by atoms with Crippen molar-refractivity contribution in [3.63, 3.8) is 0 Å². The van der Waals surface area contributed by atoms with Crippen molar-refractivity contribution in [1.29, 1.82) is 0 Å². The molecule has 0 aliphatic heterocycles. The molecule has 7 heteroatoms. The topological polar surface area (TPSA) is 89.3 Å². The Labute approximate surface area is 105 Å². The average molecular weight is 272 g/mol. The summed E-state index contributed by atoms with van der Waals surface area (Å²) in [5, 5.41) is 7.16. The van der Waals surface area contributed by atoms with Crippen LogP contribution in [0.2, 0.25) is 0 Å². The zero-order valence-corrected chi connectivity index (χ0v) is 10.7. The zero-order valence-electron chi connectivity index (χ0n) is 9.90. The second kappa shape index (κ2) is 5.28. The Balaban J connectivity index is 3.10. The average Bonchev–Trinajstić information content (AvgIpc) is 2.18. The van der Waals surface area contributed by atoms with Crippen LogP contribution in [-0.2, 0) is 14.8 Å². The van der Waals surface area contributed by atoms with Gasteiger partial charge in [-0.1, -0.05) is 5.57 Å². The van der Waals surface area contributed by atoms with Gasteiger partial charge in [0.15, 0.2) is 0 Å². The van der Waals surface area contributed by atoms with Gasteiger partial charge in [0, 0.05) is 6.08 Å². The van der Waals surface area contributed by atoms with Crippen LogP contribution in [0.3, 0.4) is 0 Å². The molecule has 1 aromatic carbocycles. The first-order valence-electron chi connectivity index (χ1n) is 4.98. The number of nitrogens with two attached hydrogens (primary N) is 1. The predicted octanol–water partition coefficient (Wildman–Crippen LogP) is 1.38. The maximum absolute atomic E-state index is 13.4. The Hall–Kier alpha value is -1.73. The molecular weight excluding hydrogens is 259 g/mol. The lowest BCUT2D eigenvalue weighted by Gasteiger charge is -2.06. The van der Waals surface area contributed by atoms with Crippen LogP contribution in [-0.4, -0.2) is 14.3 Å². The number of sulfonamides is 1. The summed E-state index contributed by atoms with van der Waals surface area (Å²) in [6, 6.07) is 2.93. The molecule has 98 valence electrons. The van der Waals surface area contributed by atoms with E-state index in [1.807, 2.05) is 0 Å². The smallest absolute Gasteiger partial charge is 0.248 e.